The summed E-state index contributed by atoms with van der Waals surface area (Å²) in [6, 6.07) is 6.17. The van der Waals surface area contributed by atoms with Crippen LogP contribution < -0.4 is 15.2 Å². The standard InChI is InChI=1S/C18H17N3O2/c1-10-6-15-16(23-9-22-15)7-12(10)17-11-4-2-3-5-14(11)21-18(20)13(17)8-19/h6-7H,2-5,9H2,1H3,(H2,20,21). The van der Waals surface area contributed by atoms with E-state index in [2.05, 4.69) is 11.1 Å². The average molecular weight is 307 g/mol. The number of hydrogen-bond donors (Lipinski definition) is 1. The maximum Gasteiger partial charge on any atom is 0.231 e. The highest BCUT2D eigenvalue weighted by Gasteiger charge is 2.25. The molecule has 0 spiro atoms. The topological polar surface area (TPSA) is 81.2 Å². The minimum Gasteiger partial charge on any atom is -0.454 e. The number of pyridine rings is 1. The van der Waals surface area contributed by atoms with Crippen molar-refractivity contribution in [1.82, 2.24) is 4.98 Å². The zero-order valence-electron chi connectivity index (χ0n) is 13.0. The van der Waals surface area contributed by atoms with Crippen LogP contribution in [0, 0.1) is 18.3 Å². The predicted molar refractivity (Wildman–Crippen MR) is 86.3 cm³/mol. The van der Waals surface area contributed by atoms with Gasteiger partial charge in [-0.25, -0.2) is 4.98 Å². The number of rotatable bonds is 1. The maximum absolute atomic E-state index is 9.62. The van der Waals surface area contributed by atoms with Crippen molar-refractivity contribution in [2.75, 3.05) is 12.5 Å². The van der Waals surface area contributed by atoms with Gasteiger partial charge in [0.15, 0.2) is 11.5 Å². The predicted octanol–water partition coefficient (Wildman–Crippen LogP) is 3.12. The van der Waals surface area contributed by atoms with Crippen LogP contribution in [0.4, 0.5) is 5.82 Å². The van der Waals surface area contributed by atoms with E-state index in [0.29, 0.717) is 11.4 Å². The number of fused-ring (bicyclic) bond motifs is 2. The number of nitrogens with two attached hydrogens (primary N) is 1. The molecular weight excluding hydrogens is 290 g/mol. The van der Waals surface area contributed by atoms with Gasteiger partial charge in [0.2, 0.25) is 6.79 Å². The summed E-state index contributed by atoms with van der Waals surface area (Å²) >= 11 is 0. The van der Waals surface area contributed by atoms with Gasteiger partial charge < -0.3 is 15.2 Å². The molecule has 0 saturated heterocycles. The zero-order valence-corrected chi connectivity index (χ0v) is 13.0. The second-order valence-corrected chi connectivity index (χ2v) is 6.01. The first kappa shape index (κ1) is 13.9. The minimum absolute atomic E-state index is 0.236. The van der Waals surface area contributed by atoms with Crippen LogP contribution >= 0.6 is 0 Å². The minimum atomic E-state index is 0.236. The van der Waals surface area contributed by atoms with Crippen LogP contribution in [0.3, 0.4) is 0 Å². The maximum atomic E-state index is 9.62. The highest BCUT2D eigenvalue weighted by atomic mass is 16.7. The molecule has 0 bridgehead atoms. The molecule has 2 heterocycles. The first-order valence-electron chi connectivity index (χ1n) is 7.81. The third-order valence-corrected chi connectivity index (χ3v) is 4.60. The van der Waals surface area contributed by atoms with Crippen molar-refractivity contribution in [2.45, 2.75) is 32.6 Å². The van der Waals surface area contributed by atoms with Gasteiger partial charge >= 0.3 is 0 Å². The molecular formula is C18H17N3O2. The molecule has 1 aromatic heterocycles. The Morgan fingerprint density at radius 1 is 1.17 bits per heavy atom. The molecule has 5 nitrogen and oxygen atoms in total. The number of aromatic nitrogens is 1. The number of anilines is 1. The molecule has 0 radical (unpaired) electrons. The number of benzene rings is 1. The van der Waals surface area contributed by atoms with Gasteiger partial charge in [-0.15, -0.1) is 0 Å². The van der Waals surface area contributed by atoms with Crippen LogP contribution in [-0.4, -0.2) is 11.8 Å². The zero-order chi connectivity index (χ0) is 16.0. The molecule has 0 atom stereocenters. The van der Waals surface area contributed by atoms with E-state index in [4.69, 9.17) is 15.2 Å². The molecule has 2 N–H and O–H groups in total. The molecule has 2 aliphatic rings. The molecule has 0 saturated carbocycles. The molecule has 1 aliphatic carbocycles. The lowest BCUT2D eigenvalue weighted by Crippen LogP contribution is -2.12. The van der Waals surface area contributed by atoms with Gasteiger partial charge in [0.25, 0.3) is 0 Å². The van der Waals surface area contributed by atoms with E-state index in [0.717, 1.165) is 65.1 Å². The molecule has 4 rings (SSSR count). The first-order valence-corrected chi connectivity index (χ1v) is 7.81. The second-order valence-electron chi connectivity index (χ2n) is 6.01. The lowest BCUT2D eigenvalue weighted by Gasteiger charge is -2.22. The molecule has 23 heavy (non-hydrogen) atoms. The molecule has 5 heteroatoms. The highest BCUT2D eigenvalue weighted by molar-refractivity contribution is 5.82. The fourth-order valence-electron chi connectivity index (χ4n) is 3.49. The first-order chi connectivity index (χ1) is 11.2. The van der Waals surface area contributed by atoms with Crippen molar-refractivity contribution in [1.29, 1.82) is 5.26 Å². The van der Waals surface area contributed by atoms with Gasteiger partial charge in [-0.05, 0) is 61.4 Å². The van der Waals surface area contributed by atoms with E-state index >= 15 is 0 Å². The lowest BCUT2D eigenvalue weighted by molar-refractivity contribution is 0.174. The Balaban J connectivity index is 2.02. The number of hydrogen-bond acceptors (Lipinski definition) is 5. The number of ether oxygens (including phenoxy) is 2. The van der Waals surface area contributed by atoms with E-state index in [9.17, 15) is 5.26 Å². The Bertz CT molecular complexity index is 853. The molecule has 2 aromatic rings. The van der Waals surface area contributed by atoms with Crippen LogP contribution in [0.1, 0.15) is 35.2 Å². The molecule has 116 valence electrons. The third-order valence-electron chi connectivity index (χ3n) is 4.60. The highest BCUT2D eigenvalue weighted by Crippen LogP contribution is 2.42. The summed E-state index contributed by atoms with van der Waals surface area (Å²) in [5, 5.41) is 9.62. The van der Waals surface area contributed by atoms with E-state index < -0.39 is 0 Å². The fourth-order valence-corrected chi connectivity index (χ4v) is 3.49. The quantitative estimate of drug-likeness (QED) is 0.875. The Kier molecular flexibility index (Phi) is 3.12. The average Bonchev–Trinajstić information content (AvgIpc) is 3.00. The summed E-state index contributed by atoms with van der Waals surface area (Å²) in [6.45, 7) is 2.25. The van der Waals surface area contributed by atoms with E-state index in [1.165, 1.54) is 0 Å². The molecule has 1 aromatic carbocycles. The molecule has 0 amide bonds. The van der Waals surface area contributed by atoms with Gasteiger partial charge in [0, 0.05) is 11.3 Å². The van der Waals surface area contributed by atoms with Gasteiger partial charge in [-0.2, -0.15) is 5.26 Å². The van der Waals surface area contributed by atoms with Crippen molar-refractivity contribution in [3.8, 4) is 28.7 Å². The fraction of sp³-hybridized carbons (Fsp3) is 0.333. The monoisotopic (exact) mass is 307 g/mol. The van der Waals surface area contributed by atoms with Crippen LogP contribution in [0.15, 0.2) is 12.1 Å². The van der Waals surface area contributed by atoms with Gasteiger partial charge in [-0.3, -0.25) is 0 Å². The van der Waals surface area contributed by atoms with Crippen LogP contribution in [0.25, 0.3) is 11.1 Å². The number of aryl methyl sites for hydroxylation is 2. The normalized spacial score (nSPS) is 15.1. The van der Waals surface area contributed by atoms with Crippen molar-refractivity contribution in [3.05, 3.63) is 34.5 Å². The summed E-state index contributed by atoms with van der Waals surface area (Å²) < 4.78 is 11.0. The number of nitriles is 1. The van der Waals surface area contributed by atoms with E-state index in [-0.39, 0.29) is 6.79 Å². The summed E-state index contributed by atoms with van der Waals surface area (Å²) in [4.78, 5) is 4.47. The number of nitrogen functional groups attached to an aromatic ring is 1. The van der Waals surface area contributed by atoms with E-state index in [1.54, 1.807) is 0 Å². The Hall–Kier alpha value is -2.74. The summed E-state index contributed by atoms with van der Waals surface area (Å²) in [5.74, 6) is 1.79. The number of nitrogens with zero attached hydrogens (tertiary/aromatic N) is 2. The van der Waals surface area contributed by atoms with Gasteiger partial charge in [0.1, 0.15) is 17.5 Å². The molecule has 0 unspecified atom stereocenters. The second kappa shape index (κ2) is 5.17. The van der Waals surface area contributed by atoms with Crippen molar-refractivity contribution >= 4 is 5.82 Å². The Morgan fingerprint density at radius 2 is 1.91 bits per heavy atom. The summed E-state index contributed by atoms with van der Waals surface area (Å²) in [5.41, 5.74) is 11.7. The van der Waals surface area contributed by atoms with Crippen LogP contribution in [0.2, 0.25) is 0 Å². The SMILES string of the molecule is Cc1cc2c(cc1-c1c(C#N)c(N)nc3c1CCCC3)OCO2. The van der Waals surface area contributed by atoms with E-state index in [1.807, 2.05) is 19.1 Å². The van der Waals surface area contributed by atoms with Crippen molar-refractivity contribution in [2.24, 2.45) is 0 Å². The van der Waals surface area contributed by atoms with Gasteiger partial charge in [0.05, 0.1) is 0 Å². The third kappa shape index (κ3) is 2.10. The van der Waals surface area contributed by atoms with Crippen molar-refractivity contribution < 1.29 is 9.47 Å². The molecule has 1 aliphatic heterocycles. The summed E-state index contributed by atoms with van der Waals surface area (Å²) in [7, 11) is 0. The van der Waals surface area contributed by atoms with Crippen molar-refractivity contribution in [3.63, 3.8) is 0 Å². The Labute approximate surface area is 134 Å². The summed E-state index contributed by atoms with van der Waals surface area (Å²) in [6.07, 6.45) is 4.08. The smallest absolute Gasteiger partial charge is 0.231 e. The molecule has 0 fully saturated rings. The largest absolute Gasteiger partial charge is 0.454 e. The lowest BCUT2D eigenvalue weighted by atomic mass is 9.85. The van der Waals surface area contributed by atoms with Crippen LogP contribution in [0.5, 0.6) is 11.5 Å². The Morgan fingerprint density at radius 3 is 2.70 bits per heavy atom. The van der Waals surface area contributed by atoms with Crippen LogP contribution in [-0.2, 0) is 12.8 Å². The van der Waals surface area contributed by atoms with Gasteiger partial charge in [-0.1, -0.05) is 0 Å².